The molecule has 1 heterocycles. The maximum atomic E-state index is 11.6. The van der Waals surface area contributed by atoms with Crippen LogP contribution in [0.15, 0.2) is 48.5 Å². The molecule has 7 nitrogen and oxygen atoms in total. The van der Waals surface area contributed by atoms with E-state index in [0.717, 1.165) is 28.0 Å². The zero-order chi connectivity index (χ0) is 23.6. The van der Waals surface area contributed by atoms with Crippen molar-refractivity contribution in [1.82, 2.24) is 10.6 Å². The van der Waals surface area contributed by atoms with Crippen LogP contribution in [-0.4, -0.2) is 47.0 Å². The molecule has 0 spiro atoms. The van der Waals surface area contributed by atoms with Gasteiger partial charge in [0.15, 0.2) is 6.29 Å². The summed E-state index contributed by atoms with van der Waals surface area (Å²) in [7, 11) is 0. The molecule has 1 fully saturated rings. The first-order valence-corrected chi connectivity index (χ1v) is 12.5. The number of rotatable bonds is 10. The summed E-state index contributed by atoms with van der Waals surface area (Å²) in [6.45, 7) is 5.18. The minimum Gasteiger partial charge on any atom is -0.396 e. The van der Waals surface area contributed by atoms with Gasteiger partial charge in [-0.1, -0.05) is 55.5 Å². The smallest absolute Gasteiger partial charge is 0.315 e. The van der Waals surface area contributed by atoms with Crippen LogP contribution < -0.4 is 10.6 Å². The number of benzene rings is 2. The summed E-state index contributed by atoms with van der Waals surface area (Å²) in [6.07, 6.45) is -0.717. The van der Waals surface area contributed by atoms with Crippen molar-refractivity contribution in [3.63, 3.8) is 0 Å². The van der Waals surface area contributed by atoms with Gasteiger partial charge < -0.3 is 30.3 Å². The monoisotopic (exact) mass is 474 g/mol. The van der Waals surface area contributed by atoms with Gasteiger partial charge in [-0.3, -0.25) is 0 Å². The van der Waals surface area contributed by atoms with Gasteiger partial charge in [0.05, 0.1) is 25.4 Å². The lowest BCUT2D eigenvalue weighted by Gasteiger charge is -2.41. The average Bonchev–Trinajstić information content (AvgIpc) is 2.84. The van der Waals surface area contributed by atoms with Crippen LogP contribution >= 0.6 is 11.8 Å². The van der Waals surface area contributed by atoms with E-state index in [9.17, 15) is 9.90 Å². The van der Waals surface area contributed by atoms with Crippen molar-refractivity contribution in [2.24, 2.45) is 5.92 Å². The summed E-state index contributed by atoms with van der Waals surface area (Å²) in [5.74, 6) is 1.55. The second kappa shape index (κ2) is 13.0. The third-order valence-corrected chi connectivity index (χ3v) is 6.72. The van der Waals surface area contributed by atoms with E-state index in [4.69, 9.17) is 14.6 Å². The van der Waals surface area contributed by atoms with Crippen LogP contribution in [0.5, 0.6) is 0 Å². The zero-order valence-electron chi connectivity index (χ0n) is 19.2. The van der Waals surface area contributed by atoms with E-state index < -0.39 is 6.29 Å². The Labute approximate surface area is 199 Å². The topological polar surface area (TPSA) is 100 Å². The molecule has 1 aliphatic rings. The van der Waals surface area contributed by atoms with Crippen LogP contribution in [0.2, 0.25) is 0 Å². The van der Waals surface area contributed by atoms with Gasteiger partial charge in [0.1, 0.15) is 0 Å². The van der Waals surface area contributed by atoms with E-state index in [-0.39, 0.29) is 37.4 Å². The van der Waals surface area contributed by atoms with Crippen molar-refractivity contribution in [1.29, 1.82) is 0 Å². The van der Waals surface area contributed by atoms with E-state index in [1.54, 1.807) is 11.8 Å². The van der Waals surface area contributed by atoms with Gasteiger partial charge >= 0.3 is 6.03 Å². The largest absolute Gasteiger partial charge is 0.396 e. The highest BCUT2D eigenvalue weighted by atomic mass is 32.2. The molecule has 2 aromatic carbocycles. The maximum absolute atomic E-state index is 11.6. The molecule has 8 heteroatoms. The number of carbonyl (C=O) groups is 1. The number of hydrogen-bond acceptors (Lipinski definition) is 6. The number of aliphatic hydroxyl groups excluding tert-OH is 2. The van der Waals surface area contributed by atoms with Gasteiger partial charge in [-0.25, -0.2) is 4.79 Å². The normalized spacial score (nSPS) is 22.7. The van der Waals surface area contributed by atoms with Crippen LogP contribution in [-0.2, 0) is 22.6 Å². The Bertz CT molecular complexity index is 862. The van der Waals surface area contributed by atoms with Crippen molar-refractivity contribution in [2.75, 3.05) is 24.7 Å². The van der Waals surface area contributed by atoms with Crippen molar-refractivity contribution >= 4 is 17.8 Å². The molecule has 4 atom stereocenters. The Morgan fingerprint density at radius 3 is 2.27 bits per heavy atom. The summed E-state index contributed by atoms with van der Waals surface area (Å²) in [4.78, 5) is 11.6. The van der Waals surface area contributed by atoms with Gasteiger partial charge in [0.2, 0.25) is 0 Å². The number of amides is 2. The fourth-order valence-corrected chi connectivity index (χ4v) is 4.68. The van der Waals surface area contributed by atoms with Crippen LogP contribution in [0.25, 0.3) is 0 Å². The first-order valence-electron chi connectivity index (χ1n) is 11.4. The van der Waals surface area contributed by atoms with Gasteiger partial charge in [-0.05, 0) is 23.6 Å². The molecule has 0 bridgehead atoms. The summed E-state index contributed by atoms with van der Waals surface area (Å²) >= 11 is 1.67. The lowest BCUT2D eigenvalue weighted by molar-refractivity contribution is -0.268. The molecule has 0 saturated carbocycles. The highest BCUT2D eigenvalue weighted by molar-refractivity contribution is 7.99. The number of carbonyl (C=O) groups excluding carboxylic acids is 1. The van der Waals surface area contributed by atoms with Crippen molar-refractivity contribution in [2.45, 2.75) is 45.5 Å². The van der Waals surface area contributed by atoms with E-state index in [1.165, 1.54) is 0 Å². The molecule has 0 aliphatic carbocycles. The second-order valence-corrected chi connectivity index (χ2v) is 9.22. The van der Waals surface area contributed by atoms with Crippen molar-refractivity contribution < 1.29 is 24.5 Å². The SMILES string of the molecule is CCNC(=O)NCc1ccc(C2O[C@H](CSCCO)[C@H](C)[C@H](c3ccc(CO)cc3)O2)cc1. The van der Waals surface area contributed by atoms with E-state index in [0.29, 0.717) is 18.8 Å². The standard InChI is InChI=1S/C25H34N2O5S/c1-3-26-25(30)27-14-18-4-10-21(11-5-18)24-31-22(16-33-13-12-28)17(2)23(32-24)20-8-6-19(15-29)7-9-20/h4-11,17,22-24,28-29H,3,12-16H2,1-2H3,(H2,26,27,30)/t17-,22+,23+,24?/m0/s1. The lowest BCUT2D eigenvalue weighted by atomic mass is 9.91. The summed E-state index contributed by atoms with van der Waals surface area (Å²) < 4.78 is 12.8. The first kappa shape index (κ1) is 25.5. The third kappa shape index (κ3) is 7.19. The molecule has 1 aliphatic heterocycles. The molecule has 0 radical (unpaired) electrons. The molecule has 2 aromatic rings. The highest BCUT2D eigenvalue weighted by Crippen LogP contribution is 2.42. The zero-order valence-corrected chi connectivity index (χ0v) is 20.0. The summed E-state index contributed by atoms with van der Waals surface area (Å²) in [5, 5.41) is 24.1. The Morgan fingerprint density at radius 1 is 0.970 bits per heavy atom. The minimum atomic E-state index is -0.520. The van der Waals surface area contributed by atoms with E-state index in [1.807, 2.05) is 55.5 Å². The first-order chi connectivity index (χ1) is 16.0. The molecule has 1 unspecified atom stereocenters. The van der Waals surface area contributed by atoms with Gasteiger partial charge in [-0.2, -0.15) is 11.8 Å². The van der Waals surface area contributed by atoms with Crippen LogP contribution in [0.4, 0.5) is 4.79 Å². The molecule has 1 saturated heterocycles. The van der Waals surface area contributed by atoms with Gasteiger partial charge in [0, 0.05) is 36.1 Å². The predicted molar refractivity (Wildman–Crippen MR) is 130 cm³/mol. The predicted octanol–water partition coefficient (Wildman–Crippen LogP) is 3.51. The number of urea groups is 1. The van der Waals surface area contributed by atoms with E-state index in [2.05, 4.69) is 17.6 Å². The Hall–Kier alpha value is -2.10. The molecular weight excluding hydrogens is 440 g/mol. The highest BCUT2D eigenvalue weighted by Gasteiger charge is 2.38. The molecule has 33 heavy (non-hydrogen) atoms. The fourth-order valence-electron chi connectivity index (χ4n) is 3.77. The Morgan fingerprint density at radius 2 is 1.64 bits per heavy atom. The quantitative estimate of drug-likeness (QED) is 0.393. The number of aliphatic hydroxyl groups is 2. The minimum absolute atomic E-state index is 0.00876. The average molecular weight is 475 g/mol. The van der Waals surface area contributed by atoms with Gasteiger partial charge in [-0.15, -0.1) is 0 Å². The number of thioether (sulfide) groups is 1. The van der Waals surface area contributed by atoms with Crippen LogP contribution in [0, 0.1) is 5.92 Å². The lowest BCUT2D eigenvalue weighted by Crippen LogP contribution is -2.38. The van der Waals surface area contributed by atoms with Crippen molar-refractivity contribution in [3.05, 3.63) is 70.8 Å². The molecule has 4 N–H and O–H groups in total. The fraction of sp³-hybridized carbons (Fsp3) is 0.480. The van der Waals surface area contributed by atoms with Crippen molar-refractivity contribution in [3.8, 4) is 0 Å². The molecule has 2 amide bonds. The summed E-state index contributed by atoms with van der Waals surface area (Å²) in [6, 6.07) is 15.5. The molecule has 0 aromatic heterocycles. The Kier molecular flexibility index (Phi) is 10.0. The van der Waals surface area contributed by atoms with Crippen LogP contribution in [0.1, 0.15) is 48.5 Å². The third-order valence-electron chi connectivity index (χ3n) is 5.68. The Balaban J connectivity index is 1.74. The van der Waals surface area contributed by atoms with Crippen LogP contribution in [0.3, 0.4) is 0 Å². The summed E-state index contributed by atoms with van der Waals surface area (Å²) in [5.41, 5.74) is 3.81. The van der Waals surface area contributed by atoms with Gasteiger partial charge in [0.25, 0.3) is 0 Å². The van der Waals surface area contributed by atoms with E-state index >= 15 is 0 Å². The number of nitrogens with one attached hydrogen (secondary N) is 2. The maximum Gasteiger partial charge on any atom is 0.315 e. The molecular formula is C25H34N2O5S. The molecule has 180 valence electrons. The number of hydrogen-bond donors (Lipinski definition) is 4. The second-order valence-electron chi connectivity index (χ2n) is 8.08. The molecule has 3 rings (SSSR count). The number of ether oxygens (including phenoxy) is 2.